The van der Waals surface area contributed by atoms with Gasteiger partial charge in [-0.3, -0.25) is 20.4 Å². The highest BCUT2D eigenvalue weighted by molar-refractivity contribution is 6.30. The maximum atomic E-state index is 12.8. The van der Waals surface area contributed by atoms with Crippen LogP contribution < -0.4 is 15.6 Å². The van der Waals surface area contributed by atoms with Crippen molar-refractivity contribution in [2.24, 2.45) is 0 Å². The van der Waals surface area contributed by atoms with Crippen molar-refractivity contribution in [3.8, 4) is 5.75 Å². The van der Waals surface area contributed by atoms with Crippen LogP contribution in [0.2, 0.25) is 5.02 Å². The van der Waals surface area contributed by atoms with Gasteiger partial charge in [-0.15, -0.1) is 0 Å². The fourth-order valence-corrected chi connectivity index (χ4v) is 2.28. The summed E-state index contributed by atoms with van der Waals surface area (Å²) in [6, 6.07) is 10.3. The number of hydrogen-bond donors (Lipinski definition) is 2. The Bertz CT molecular complexity index is 750. The van der Waals surface area contributed by atoms with Gasteiger partial charge in [0.15, 0.2) is 0 Å². The number of benzene rings is 2. The fraction of sp³-hybridized carbons (Fsp3) is 0.222. The van der Waals surface area contributed by atoms with Crippen LogP contribution in [0.25, 0.3) is 0 Å². The van der Waals surface area contributed by atoms with Gasteiger partial charge in [0, 0.05) is 17.0 Å². The first-order valence-electron chi connectivity index (χ1n) is 7.69. The molecule has 132 valence electrons. The second-order valence-electron chi connectivity index (χ2n) is 5.37. The van der Waals surface area contributed by atoms with E-state index in [1.165, 1.54) is 24.3 Å². The van der Waals surface area contributed by atoms with Gasteiger partial charge in [0.05, 0.1) is 6.61 Å². The first-order valence-corrected chi connectivity index (χ1v) is 8.07. The predicted octanol–water partition coefficient (Wildman–Crippen LogP) is 3.41. The van der Waals surface area contributed by atoms with Crippen molar-refractivity contribution in [3.63, 3.8) is 0 Å². The number of amides is 2. The Morgan fingerprint density at radius 3 is 2.52 bits per heavy atom. The summed E-state index contributed by atoms with van der Waals surface area (Å²) in [5.41, 5.74) is 5.76. The number of ether oxygens (including phenoxy) is 1. The van der Waals surface area contributed by atoms with Crippen LogP contribution in [0.15, 0.2) is 42.5 Å². The lowest BCUT2D eigenvalue weighted by Crippen LogP contribution is -2.41. The van der Waals surface area contributed by atoms with Crippen molar-refractivity contribution in [1.82, 2.24) is 10.9 Å². The molecule has 0 atom stereocenters. The standard InChI is InChI=1S/C18H18ClFN2O3/c1-12-11-14(19)6-9-16(12)25-10-2-3-17(23)21-22-18(24)13-4-7-15(20)8-5-13/h4-9,11H,2-3,10H2,1H3,(H,21,23)(H,22,24). The third-order valence-electron chi connectivity index (χ3n) is 3.36. The van der Waals surface area contributed by atoms with Crippen molar-refractivity contribution in [3.05, 3.63) is 64.4 Å². The normalized spacial score (nSPS) is 10.2. The fourth-order valence-electron chi connectivity index (χ4n) is 2.05. The molecule has 0 aliphatic rings. The molecule has 0 heterocycles. The number of nitrogens with one attached hydrogen (secondary N) is 2. The SMILES string of the molecule is Cc1cc(Cl)ccc1OCCCC(=O)NNC(=O)c1ccc(F)cc1. The van der Waals surface area contributed by atoms with Crippen LogP contribution in [0.3, 0.4) is 0 Å². The van der Waals surface area contributed by atoms with E-state index in [0.717, 1.165) is 11.3 Å². The van der Waals surface area contributed by atoms with Gasteiger partial charge in [-0.1, -0.05) is 11.6 Å². The molecule has 0 aromatic heterocycles. The molecular formula is C18H18ClFN2O3. The third-order valence-corrected chi connectivity index (χ3v) is 3.60. The lowest BCUT2D eigenvalue weighted by atomic mass is 10.2. The Hall–Kier alpha value is -2.60. The molecule has 0 spiro atoms. The quantitative estimate of drug-likeness (QED) is 0.609. The Balaban J connectivity index is 1.67. The second kappa shape index (κ2) is 9.03. The lowest BCUT2D eigenvalue weighted by molar-refractivity contribution is -0.122. The van der Waals surface area contributed by atoms with Crippen LogP contribution in [0.4, 0.5) is 4.39 Å². The molecule has 0 bridgehead atoms. The molecule has 0 unspecified atom stereocenters. The smallest absolute Gasteiger partial charge is 0.269 e. The molecule has 0 saturated carbocycles. The van der Waals surface area contributed by atoms with Gasteiger partial charge in [0.25, 0.3) is 5.91 Å². The van der Waals surface area contributed by atoms with Crippen LogP contribution >= 0.6 is 11.6 Å². The summed E-state index contributed by atoms with van der Waals surface area (Å²) >= 11 is 5.87. The van der Waals surface area contributed by atoms with E-state index >= 15 is 0 Å². The molecule has 2 aromatic carbocycles. The molecule has 2 aromatic rings. The molecule has 25 heavy (non-hydrogen) atoms. The van der Waals surface area contributed by atoms with Gasteiger partial charge in [-0.05, 0) is 61.4 Å². The average Bonchev–Trinajstić information content (AvgIpc) is 2.58. The molecule has 5 nitrogen and oxygen atoms in total. The molecular weight excluding hydrogens is 347 g/mol. The summed E-state index contributed by atoms with van der Waals surface area (Å²) in [6.07, 6.45) is 0.677. The van der Waals surface area contributed by atoms with Gasteiger partial charge in [0.2, 0.25) is 5.91 Å². The van der Waals surface area contributed by atoms with Crippen molar-refractivity contribution < 1.29 is 18.7 Å². The van der Waals surface area contributed by atoms with E-state index in [9.17, 15) is 14.0 Å². The molecule has 7 heteroatoms. The zero-order chi connectivity index (χ0) is 18.2. The molecule has 2 amide bonds. The van der Waals surface area contributed by atoms with Crippen LogP contribution in [0, 0.1) is 12.7 Å². The van der Waals surface area contributed by atoms with Crippen molar-refractivity contribution in [2.45, 2.75) is 19.8 Å². The van der Waals surface area contributed by atoms with Gasteiger partial charge in [-0.25, -0.2) is 4.39 Å². The number of hydrazine groups is 1. The number of carbonyl (C=O) groups is 2. The Labute approximate surface area is 150 Å². The molecule has 0 aliphatic carbocycles. The van der Waals surface area contributed by atoms with Crippen molar-refractivity contribution >= 4 is 23.4 Å². The number of halogens is 2. The average molecular weight is 365 g/mol. The minimum Gasteiger partial charge on any atom is -0.493 e. The highest BCUT2D eigenvalue weighted by atomic mass is 35.5. The number of rotatable bonds is 6. The number of carbonyl (C=O) groups excluding carboxylic acids is 2. The first-order chi connectivity index (χ1) is 12.0. The summed E-state index contributed by atoms with van der Waals surface area (Å²) < 4.78 is 18.4. The van der Waals surface area contributed by atoms with E-state index < -0.39 is 11.7 Å². The topological polar surface area (TPSA) is 67.4 Å². The highest BCUT2D eigenvalue weighted by Gasteiger charge is 2.08. The Morgan fingerprint density at radius 1 is 1.12 bits per heavy atom. The number of aryl methyl sites for hydroxylation is 1. The van der Waals surface area contributed by atoms with Crippen LogP contribution in [0.5, 0.6) is 5.75 Å². The van der Waals surface area contributed by atoms with Crippen molar-refractivity contribution in [2.75, 3.05) is 6.61 Å². The van der Waals surface area contributed by atoms with E-state index in [2.05, 4.69) is 10.9 Å². The van der Waals surface area contributed by atoms with E-state index in [1.54, 1.807) is 18.2 Å². The van der Waals surface area contributed by atoms with Crippen LogP contribution in [-0.2, 0) is 4.79 Å². The summed E-state index contributed by atoms with van der Waals surface area (Å²) in [7, 11) is 0. The number of hydrogen-bond acceptors (Lipinski definition) is 3. The molecule has 0 fully saturated rings. The highest BCUT2D eigenvalue weighted by Crippen LogP contribution is 2.21. The lowest BCUT2D eigenvalue weighted by Gasteiger charge is -2.10. The maximum absolute atomic E-state index is 12.8. The van der Waals surface area contributed by atoms with E-state index in [4.69, 9.17) is 16.3 Å². The van der Waals surface area contributed by atoms with Crippen molar-refractivity contribution in [1.29, 1.82) is 0 Å². The third kappa shape index (κ3) is 6.08. The molecule has 0 aliphatic heterocycles. The zero-order valence-electron chi connectivity index (χ0n) is 13.6. The summed E-state index contributed by atoms with van der Waals surface area (Å²) in [5.74, 6) is -0.570. The molecule has 2 N–H and O–H groups in total. The largest absolute Gasteiger partial charge is 0.493 e. The maximum Gasteiger partial charge on any atom is 0.269 e. The summed E-state index contributed by atoms with van der Waals surface area (Å²) in [4.78, 5) is 23.5. The molecule has 0 saturated heterocycles. The van der Waals surface area contributed by atoms with Gasteiger partial charge < -0.3 is 4.74 Å². The Morgan fingerprint density at radius 2 is 1.84 bits per heavy atom. The van der Waals surface area contributed by atoms with E-state index in [-0.39, 0.29) is 17.9 Å². The van der Waals surface area contributed by atoms with Gasteiger partial charge in [-0.2, -0.15) is 0 Å². The minimum atomic E-state index is -0.513. The summed E-state index contributed by atoms with van der Waals surface area (Å²) in [5, 5.41) is 0.640. The van der Waals surface area contributed by atoms with Crippen LogP contribution in [-0.4, -0.2) is 18.4 Å². The Kier molecular flexibility index (Phi) is 6.77. The predicted molar refractivity (Wildman–Crippen MR) is 92.9 cm³/mol. The van der Waals surface area contributed by atoms with Gasteiger partial charge >= 0.3 is 0 Å². The van der Waals surface area contributed by atoms with Crippen LogP contribution in [0.1, 0.15) is 28.8 Å². The molecule has 0 radical (unpaired) electrons. The zero-order valence-corrected chi connectivity index (χ0v) is 14.4. The van der Waals surface area contributed by atoms with Gasteiger partial charge in [0.1, 0.15) is 11.6 Å². The summed E-state index contributed by atoms with van der Waals surface area (Å²) in [6.45, 7) is 2.25. The van der Waals surface area contributed by atoms with E-state index in [1.807, 2.05) is 6.92 Å². The molecule has 2 rings (SSSR count). The first kappa shape index (κ1) is 18.7. The second-order valence-corrected chi connectivity index (χ2v) is 5.81. The minimum absolute atomic E-state index is 0.191. The van der Waals surface area contributed by atoms with E-state index in [0.29, 0.717) is 18.1 Å². The monoisotopic (exact) mass is 364 g/mol.